The van der Waals surface area contributed by atoms with Gasteiger partial charge in [-0.05, 0) is 50.2 Å². The second-order valence-corrected chi connectivity index (χ2v) is 9.67. The number of ether oxygens (including phenoxy) is 6. The average molecular weight is 539 g/mol. The number of hydrogen-bond donors (Lipinski definition) is 1. The number of hydrogen-bond acceptors (Lipinski definition) is 10. The second kappa shape index (κ2) is 10.2. The predicted molar refractivity (Wildman–Crippen MR) is 138 cm³/mol. The van der Waals surface area contributed by atoms with Gasteiger partial charge in [0.25, 0.3) is 11.7 Å². The zero-order valence-electron chi connectivity index (χ0n) is 21.9. The van der Waals surface area contributed by atoms with Crippen molar-refractivity contribution in [3.8, 4) is 34.5 Å². The molecule has 1 amide bonds. The Labute approximate surface area is 225 Å². The summed E-state index contributed by atoms with van der Waals surface area (Å²) in [5.74, 6) is 0.531. The maximum absolute atomic E-state index is 13.6. The van der Waals surface area contributed by atoms with Gasteiger partial charge in [0.05, 0.1) is 25.8 Å². The first-order chi connectivity index (χ1) is 19.0. The molecule has 1 N–H and O–H groups in total. The number of aliphatic hydroxyl groups excluding tert-OH is 1. The summed E-state index contributed by atoms with van der Waals surface area (Å²) in [4.78, 5) is 30.8. The number of aliphatic hydroxyl groups is 1. The SMILES string of the molecule is COc1c(C2C(=C(O)c3ccc4c(c3)OCCO4)C(=O)C(=O)N2CCN2CCCC2)cc2c(c1OC)OCO2. The van der Waals surface area contributed by atoms with Gasteiger partial charge < -0.3 is 43.3 Å². The van der Waals surface area contributed by atoms with Gasteiger partial charge >= 0.3 is 0 Å². The number of carbonyl (C=O) groups excluding carboxylic acids is 2. The molecular formula is C28H30N2O9. The summed E-state index contributed by atoms with van der Waals surface area (Å²) in [5, 5.41) is 11.6. The second-order valence-electron chi connectivity index (χ2n) is 9.67. The largest absolute Gasteiger partial charge is 0.507 e. The number of methoxy groups -OCH3 is 2. The molecule has 4 aliphatic heterocycles. The van der Waals surface area contributed by atoms with Crippen LogP contribution in [-0.2, 0) is 9.59 Å². The van der Waals surface area contributed by atoms with E-state index in [4.69, 9.17) is 28.4 Å². The molecule has 0 radical (unpaired) electrons. The van der Waals surface area contributed by atoms with E-state index < -0.39 is 17.7 Å². The Morgan fingerprint density at radius 3 is 2.41 bits per heavy atom. The summed E-state index contributed by atoms with van der Waals surface area (Å²) < 4.78 is 33.9. The third-order valence-corrected chi connectivity index (χ3v) is 7.52. The van der Waals surface area contributed by atoms with Crippen molar-refractivity contribution >= 4 is 17.4 Å². The first-order valence-electron chi connectivity index (χ1n) is 13.0. The standard InChI is InChI=1S/C28H30N2O9/c1-34-25-17(14-20-26(27(25)35-2)39-15-38-20)22-21(23(31)16-5-6-18-19(13-16)37-12-11-36-18)24(32)28(33)30(22)10-9-29-7-3-4-8-29/h5-6,13-14,22,31H,3-4,7-12,15H2,1-2H3. The Morgan fingerprint density at radius 2 is 1.67 bits per heavy atom. The molecule has 11 heteroatoms. The molecule has 6 rings (SSSR count). The van der Waals surface area contributed by atoms with E-state index in [1.807, 2.05) is 0 Å². The first-order valence-corrected chi connectivity index (χ1v) is 13.0. The highest BCUT2D eigenvalue weighted by atomic mass is 16.7. The fourth-order valence-corrected chi connectivity index (χ4v) is 5.65. The maximum Gasteiger partial charge on any atom is 0.295 e. The summed E-state index contributed by atoms with van der Waals surface area (Å²) in [7, 11) is 2.95. The van der Waals surface area contributed by atoms with E-state index in [9.17, 15) is 14.7 Å². The van der Waals surface area contributed by atoms with Crippen molar-refractivity contribution in [2.45, 2.75) is 18.9 Å². The summed E-state index contributed by atoms with van der Waals surface area (Å²) in [6, 6.07) is 5.64. The summed E-state index contributed by atoms with van der Waals surface area (Å²) in [6.45, 7) is 3.54. The number of benzene rings is 2. The van der Waals surface area contributed by atoms with Gasteiger partial charge in [0.1, 0.15) is 19.0 Å². The molecule has 0 aromatic heterocycles. The van der Waals surface area contributed by atoms with Crippen LogP contribution in [-0.4, -0.2) is 87.0 Å². The van der Waals surface area contributed by atoms with Gasteiger partial charge in [0.15, 0.2) is 23.0 Å². The quantitative estimate of drug-likeness (QED) is 0.320. The molecule has 4 aliphatic rings. The Morgan fingerprint density at radius 1 is 0.923 bits per heavy atom. The third-order valence-electron chi connectivity index (χ3n) is 7.52. The minimum Gasteiger partial charge on any atom is -0.507 e. The van der Waals surface area contributed by atoms with Crippen molar-refractivity contribution < 1.29 is 43.1 Å². The molecule has 0 spiro atoms. The van der Waals surface area contributed by atoms with E-state index in [1.54, 1.807) is 24.3 Å². The van der Waals surface area contributed by atoms with E-state index in [1.165, 1.54) is 19.1 Å². The number of carbonyl (C=O) groups is 2. The zero-order chi connectivity index (χ0) is 27.1. The lowest BCUT2D eigenvalue weighted by molar-refractivity contribution is -0.140. The van der Waals surface area contributed by atoms with Crippen molar-refractivity contribution in [1.82, 2.24) is 9.80 Å². The Kier molecular flexibility index (Phi) is 6.59. The average Bonchev–Trinajstić information content (AvgIpc) is 3.71. The number of rotatable bonds is 7. The Bertz CT molecular complexity index is 1350. The van der Waals surface area contributed by atoms with Crippen LogP contribution in [0, 0.1) is 0 Å². The number of ketones is 1. The lowest BCUT2D eigenvalue weighted by atomic mass is 9.93. The van der Waals surface area contributed by atoms with E-state index >= 15 is 0 Å². The van der Waals surface area contributed by atoms with Crippen LogP contribution < -0.4 is 28.4 Å². The lowest BCUT2D eigenvalue weighted by Crippen LogP contribution is -2.37. The molecule has 2 saturated heterocycles. The number of fused-ring (bicyclic) bond motifs is 2. The smallest absolute Gasteiger partial charge is 0.295 e. The van der Waals surface area contributed by atoms with Gasteiger partial charge in [-0.2, -0.15) is 0 Å². The normalized spacial score (nSPS) is 21.5. The minimum atomic E-state index is -0.959. The highest BCUT2D eigenvalue weighted by Gasteiger charge is 2.48. The van der Waals surface area contributed by atoms with Crippen molar-refractivity contribution in [3.05, 3.63) is 41.0 Å². The molecule has 1 atom stereocenters. The van der Waals surface area contributed by atoms with Crippen LogP contribution in [0.25, 0.3) is 5.76 Å². The van der Waals surface area contributed by atoms with Crippen molar-refractivity contribution in [3.63, 3.8) is 0 Å². The van der Waals surface area contributed by atoms with Gasteiger partial charge in [-0.3, -0.25) is 9.59 Å². The number of amides is 1. The van der Waals surface area contributed by atoms with Crippen LogP contribution in [0.3, 0.4) is 0 Å². The van der Waals surface area contributed by atoms with E-state index in [2.05, 4.69) is 4.90 Å². The monoisotopic (exact) mass is 538 g/mol. The van der Waals surface area contributed by atoms with Crippen LogP contribution in [0.4, 0.5) is 0 Å². The lowest BCUT2D eigenvalue weighted by Gasteiger charge is -2.29. The molecule has 4 heterocycles. The van der Waals surface area contributed by atoms with Gasteiger partial charge in [0, 0.05) is 24.2 Å². The molecule has 39 heavy (non-hydrogen) atoms. The fraction of sp³-hybridized carbons (Fsp3) is 0.429. The number of Topliss-reactive ketones (excluding diaryl/α,β-unsaturated/α-hetero) is 1. The van der Waals surface area contributed by atoms with Crippen LogP contribution in [0.5, 0.6) is 34.5 Å². The maximum atomic E-state index is 13.6. The fourth-order valence-electron chi connectivity index (χ4n) is 5.65. The van der Waals surface area contributed by atoms with Crippen molar-refractivity contribution in [2.24, 2.45) is 0 Å². The van der Waals surface area contributed by atoms with E-state index in [0.717, 1.165) is 25.9 Å². The summed E-state index contributed by atoms with van der Waals surface area (Å²) >= 11 is 0. The van der Waals surface area contributed by atoms with Gasteiger partial charge in [-0.25, -0.2) is 0 Å². The topological polar surface area (TPSA) is 116 Å². The molecule has 2 aromatic carbocycles. The van der Waals surface area contributed by atoms with Crippen LogP contribution in [0.15, 0.2) is 29.8 Å². The third kappa shape index (κ3) is 4.26. The number of likely N-dealkylation sites (tertiary alicyclic amines) is 2. The Balaban J connectivity index is 1.50. The van der Waals surface area contributed by atoms with Gasteiger partial charge in [-0.15, -0.1) is 0 Å². The highest BCUT2D eigenvalue weighted by molar-refractivity contribution is 6.46. The van der Waals surface area contributed by atoms with Crippen molar-refractivity contribution in [2.75, 3.05) is 60.4 Å². The van der Waals surface area contributed by atoms with Crippen LogP contribution in [0.2, 0.25) is 0 Å². The van der Waals surface area contributed by atoms with Gasteiger partial charge in [-0.1, -0.05) is 0 Å². The predicted octanol–water partition coefficient (Wildman–Crippen LogP) is 2.72. The van der Waals surface area contributed by atoms with Gasteiger partial charge in [0.2, 0.25) is 18.3 Å². The molecule has 0 bridgehead atoms. The minimum absolute atomic E-state index is 0.00928. The van der Waals surface area contributed by atoms with Crippen LogP contribution in [0.1, 0.15) is 30.0 Å². The molecular weight excluding hydrogens is 508 g/mol. The summed E-state index contributed by atoms with van der Waals surface area (Å²) in [5.41, 5.74) is 0.712. The highest BCUT2D eigenvalue weighted by Crippen LogP contribution is 2.54. The van der Waals surface area contributed by atoms with Crippen LogP contribution >= 0.6 is 0 Å². The summed E-state index contributed by atoms with van der Waals surface area (Å²) in [6.07, 6.45) is 2.19. The molecule has 2 aromatic rings. The number of nitrogens with zero attached hydrogens (tertiary/aromatic N) is 2. The molecule has 11 nitrogen and oxygen atoms in total. The zero-order valence-corrected chi connectivity index (χ0v) is 21.9. The molecule has 0 saturated carbocycles. The first kappa shape index (κ1) is 25.2. The molecule has 0 aliphatic carbocycles. The molecule has 1 unspecified atom stereocenters. The van der Waals surface area contributed by atoms with E-state index in [-0.39, 0.29) is 36.2 Å². The Hall–Kier alpha value is -4.12. The molecule has 206 valence electrons. The molecule has 2 fully saturated rings. The van der Waals surface area contributed by atoms with E-state index in [0.29, 0.717) is 53.9 Å². The van der Waals surface area contributed by atoms with Crippen molar-refractivity contribution in [1.29, 1.82) is 0 Å².